The highest BCUT2D eigenvalue weighted by molar-refractivity contribution is 5.82. The van der Waals surface area contributed by atoms with Gasteiger partial charge in [-0.1, -0.05) is 13.8 Å². The Bertz CT molecular complexity index is 219. The van der Waals surface area contributed by atoms with Gasteiger partial charge in [0.15, 0.2) is 0 Å². The molecule has 0 aromatic carbocycles. The van der Waals surface area contributed by atoms with Crippen LogP contribution in [0.2, 0.25) is 0 Å². The molecule has 0 radical (unpaired) electrons. The predicted molar refractivity (Wildman–Crippen MR) is 59.5 cm³/mol. The summed E-state index contributed by atoms with van der Waals surface area (Å²) in [5.74, 6) is 0.588. The van der Waals surface area contributed by atoms with Crippen LogP contribution >= 0.6 is 0 Å². The van der Waals surface area contributed by atoms with Crippen molar-refractivity contribution in [3.8, 4) is 0 Å². The molecule has 0 saturated carbocycles. The quantitative estimate of drug-likeness (QED) is 0.703. The lowest BCUT2D eigenvalue weighted by molar-refractivity contribution is -0.132. The van der Waals surface area contributed by atoms with Crippen molar-refractivity contribution < 1.29 is 9.90 Å². The molecule has 4 heteroatoms. The second-order valence-corrected chi connectivity index (χ2v) is 4.79. The van der Waals surface area contributed by atoms with E-state index in [0.717, 1.165) is 19.5 Å². The van der Waals surface area contributed by atoms with E-state index >= 15 is 0 Å². The van der Waals surface area contributed by atoms with Crippen molar-refractivity contribution in [3.05, 3.63) is 0 Å². The number of aliphatic hydroxyl groups excluding tert-OH is 1. The van der Waals surface area contributed by atoms with Gasteiger partial charge in [0.2, 0.25) is 5.91 Å². The lowest BCUT2D eigenvalue weighted by atomic mass is 10.1. The standard InChI is InChI=1S/C11H22N2O2/c1-8(2)4-5-13-6-9(3)12-11(15)10(13)7-14/h8-10,14H,4-7H2,1-3H3,(H,12,15). The van der Waals surface area contributed by atoms with Crippen molar-refractivity contribution in [3.63, 3.8) is 0 Å². The number of hydrogen-bond acceptors (Lipinski definition) is 3. The summed E-state index contributed by atoms with van der Waals surface area (Å²) in [7, 11) is 0. The molecule has 1 amide bonds. The van der Waals surface area contributed by atoms with E-state index in [2.05, 4.69) is 24.1 Å². The van der Waals surface area contributed by atoms with Gasteiger partial charge in [-0.15, -0.1) is 0 Å². The number of aliphatic hydroxyl groups is 1. The number of hydrogen-bond donors (Lipinski definition) is 2. The topological polar surface area (TPSA) is 52.6 Å². The van der Waals surface area contributed by atoms with Crippen LogP contribution in [-0.4, -0.2) is 47.7 Å². The van der Waals surface area contributed by atoms with Crippen LogP contribution < -0.4 is 5.32 Å². The van der Waals surface area contributed by atoms with Crippen molar-refractivity contribution >= 4 is 5.91 Å². The molecule has 2 atom stereocenters. The molecule has 1 heterocycles. The van der Waals surface area contributed by atoms with Gasteiger partial charge in [-0.25, -0.2) is 0 Å². The van der Waals surface area contributed by atoms with E-state index in [1.165, 1.54) is 0 Å². The molecule has 0 aliphatic carbocycles. The van der Waals surface area contributed by atoms with Gasteiger partial charge in [0.1, 0.15) is 6.04 Å². The first-order valence-electron chi connectivity index (χ1n) is 5.70. The summed E-state index contributed by atoms with van der Waals surface area (Å²) in [5.41, 5.74) is 0. The highest BCUT2D eigenvalue weighted by Gasteiger charge is 2.31. The third-order valence-electron chi connectivity index (χ3n) is 2.81. The molecule has 1 aliphatic rings. The molecule has 2 N–H and O–H groups in total. The number of carbonyl (C=O) groups excluding carboxylic acids is 1. The van der Waals surface area contributed by atoms with Crippen molar-refractivity contribution in [2.75, 3.05) is 19.7 Å². The molecule has 15 heavy (non-hydrogen) atoms. The van der Waals surface area contributed by atoms with Gasteiger partial charge in [0.05, 0.1) is 6.61 Å². The minimum absolute atomic E-state index is 0.0417. The summed E-state index contributed by atoms with van der Waals surface area (Å²) >= 11 is 0. The number of nitrogens with zero attached hydrogens (tertiary/aromatic N) is 1. The molecule has 0 bridgehead atoms. The van der Waals surface area contributed by atoms with Crippen molar-refractivity contribution in [1.82, 2.24) is 10.2 Å². The summed E-state index contributed by atoms with van der Waals surface area (Å²) in [6, 6.07) is -0.160. The Morgan fingerprint density at radius 1 is 1.60 bits per heavy atom. The molecule has 1 fully saturated rings. The average Bonchev–Trinajstić information content (AvgIpc) is 2.13. The summed E-state index contributed by atoms with van der Waals surface area (Å²) in [5, 5.41) is 12.0. The van der Waals surface area contributed by atoms with Crippen molar-refractivity contribution in [1.29, 1.82) is 0 Å². The normalized spacial score (nSPS) is 28.2. The van der Waals surface area contributed by atoms with Crippen LogP contribution in [0.15, 0.2) is 0 Å². The molecule has 1 aliphatic heterocycles. The number of carbonyl (C=O) groups is 1. The van der Waals surface area contributed by atoms with E-state index in [9.17, 15) is 9.90 Å². The Hall–Kier alpha value is -0.610. The van der Waals surface area contributed by atoms with E-state index in [0.29, 0.717) is 5.92 Å². The van der Waals surface area contributed by atoms with Gasteiger partial charge in [-0.05, 0) is 25.8 Å². The smallest absolute Gasteiger partial charge is 0.239 e. The van der Waals surface area contributed by atoms with E-state index in [1.54, 1.807) is 0 Å². The summed E-state index contributed by atoms with van der Waals surface area (Å²) in [6.45, 7) is 7.97. The summed E-state index contributed by atoms with van der Waals surface area (Å²) in [4.78, 5) is 13.7. The molecule has 4 nitrogen and oxygen atoms in total. The van der Waals surface area contributed by atoms with E-state index in [-0.39, 0.29) is 24.6 Å². The molecule has 88 valence electrons. The van der Waals surface area contributed by atoms with E-state index in [1.807, 2.05) is 6.92 Å². The maximum atomic E-state index is 11.6. The van der Waals surface area contributed by atoms with Crippen molar-refractivity contribution in [2.45, 2.75) is 39.3 Å². The van der Waals surface area contributed by atoms with Crippen LogP contribution in [0.25, 0.3) is 0 Å². The third-order valence-corrected chi connectivity index (χ3v) is 2.81. The maximum Gasteiger partial charge on any atom is 0.239 e. The fraction of sp³-hybridized carbons (Fsp3) is 0.909. The lowest BCUT2D eigenvalue weighted by Gasteiger charge is -2.37. The zero-order chi connectivity index (χ0) is 11.4. The predicted octanol–water partition coefficient (Wildman–Crippen LogP) is 0.214. The number of amides is 1. The van der Waals surface area contributed by atoms with E-state index < -0.39 is 0 Å². The Kier molecular flexibility index (Phi) is 4.54. The number of piperazine rings is 1. The molecule has 1 saturated heterocycles. The fourth-order valence-corrected chi connectivity index (χ4v) is 1.90. The first-order chi connectivity index (χ1) is 7.04. The van der Waals surface area contributed by atoms with Crippen LogP contribution in [0.3, 0.4) is 0 Å². The first-order valence-corrected chi connectivity index (χ1v) is 5.70. The van der Waals surface area contributed by atoms with Gasteiger partial charge < -0.3 is 10.4 Å². The summed E-state index contributed by atoms with van der Waals surface area (Å²) < 4.78 is 0. The van der Waals surface area contributed by atoms with E-state index in [4.69, 9.17) is 0 Å². The maximum absolute atomic E-state index is 11.6. The third kappa shape index (κ3) is 3.47. The van der Waals surface area contributed by atoms with Crippen molar-refractivity contribution in [2.24, 2.45) is 5.92 Å². The highest BCUT2D eigenvalue weighted by atomic mass is 16.3. The van der Waals surface area contributed by atoms with Crippen LogP contribution in [0.5, 0.6) is 0 Å². The molecule has 1 rings (SSSR count). The van der Waals surface area contributed by atoms with Crippen LogP contribution in [-0.2, 0) is 4.79 Å². The minimum Gasteiger partial charge on any atom is -0.394 e. The second kappa shape index (κ2) is 5.47. The molecule has 0 aromatic rings. The Morgan fingerprint density at radius 3 is 2.80 bits per heavy atom. The Labute approximate surface area is 91.6 Å². The van der Waals surface area contributed by atoms with Crippen LogP contribution in [0, 0.1) is 5.92 Å². The molecule has 0 spiro atoms. The monoisotopic (exact) mass is 214 g/mol. The zero-order valence-corrected chi connectivity index (χ0v) is 9.86. The van der Waals surface area contributed by atoms with Gasteiger partial charge in [-0.2, -0.15) is 0 Å². The second-order valence-electron chi connectivity index (χ2n) is 4.79. The lowest BCUT2D eigenvalue weighted by Crippen LogP contribution is -2.60. The largest absolute Gasteiger partial charge is 0.394 e. The SMILES string of the molecule is CC(C)CCN1CC(C)NC(=O)C1CO. The van der Waals surface area contributed by atoms with Gasteiger partial charge in [0.25, 0.3) is 0 Å². The minimum atomic E-state index is -0.347. The zero-order valence-electron chi connectivity index (χ0n) is 9.86. The first kappa shape index (κ1) is 12.5. The van der Waals surface area contributed by atoms with Crippen LogP contribution in [0.4, 0.5) is 0 Å². The number of nitrogens with one attached hydrogen (secondary N) is 1. The summed E-state index contributed by atoms with van der Waals surface area (Å²) in [6.07, 6.45) is 1.07. The van der Waals surface area contributed by atoms with Gasteiger partial charge >= 0.3 is 0 Å². The van der Waals surface area contributed by atoms with Crippen LogP contribution in [0.1, 0.15) is 27.2 Å². The fourth-order valence-electron chi connectivity index (χ4n) is 1.90. The average molecular weight is 214 g/mol. The molecule has 0 aromatic heterocycles. The van der Waals surface area contributed by atoms with Gasteiger partial charge in [-0.3, -0.25) is 9.69 Å². The molecular formula is C11H22N2O2. The Morgan fingerprint density at radius 2 is 2.27 bits per heavy atom. The molecule has 2 unspecified atom stereocenters. The van der Waals surface area contributed by atoms with Gasteiger partial charge in [0, 0.05) is 12.6 Å². The number of rotatable bonds is 4. The Balaban J connectivity index is 2.53. The molecular weight excluding hydrogens is 192 g/mol. The highest BCUT2D eigenvalue weighted by Crippen LogP contribution is 2.11.